The molecule has 0 spiro atoms. The van der Waals surface area contributed by atoms with Crippen molar-refractivity contribution in [3.63, 3.8) is 0 Å². The van der Waals surface area contributed by atoms with Crippen molar-refractivity contribution in [2.75, 3.05) is 7.05 Å². The Morgan fingerprint density at radius 3 is 1.38 bits per heavy atom. The first-order valence-electron chi connectivity index (χ1n) is 6.88. The Bertz CT molecular complexity index is 346. The Kier molecular flexibility index (Phi) is 6.79. The first-order valence-corrected chi connectivity index (χ1v) is 6.88. The van der Waals surface area contributed by atoms with E-state index < -0.39 is 24.1 Å². The second-order valence-corrected chi connectivity index (χ2v) is 6.60. The van der Waals surface area contributed by atoms with E-state index in [0.29, 0.717) is 11.1 Å². The first-order chi connectivity index (χ1) is 9.33. The molecule has 124 valence electrons. The lowest BCUT2D eigenvalue weighted by Gasteiger charge is -2.50. The number of hydrogen-bond acceptors (Lipinski definition) is 5. The number of rotatable bonds is 3. The maximum Gasteiger partial charge on any atom is 0.335 e. The highest BCUT2D eigenvalue weighted by molar-refractivity contribution is 5.83. The molecule has 0 aromatic heterocycles. The summed E-state index contributed by atoms with van der Waals surface area (Å²) in [6.45, 7) is 9.36. The summed E-state index contributed by atoms with van der Waals surface area (Å²) in [6.07, 6.45) is -0.473. The Morgan fingerprint density at radius 2 is 1.19 bits per heavy atom. The van der Waals surface area contributed by atoms with Crippen LogP contribution in [0.2, 0.25) is 0 Å². The molecule has 0 bridgehead atoms. The van der Waals surface area contributed by atoms with E-state index in [2.05, 4.69) is 39.6 Å². The van der Waals surface area contributed by atoms with Crippen molar-refractivity contribution in [1.29, 1.82) is 0 Å². The van der Waals surface area contributed by atoms with E-state index in [9.17, 15) is 9.59 Å². The maximum atomic E-state index is 9.77. The van der Waals surface area contributed by atoms with Crippen LogP contribution < -0.4 is 0 Å². The van der Waals surface area contributed by atoms with Gasteiger partial charge in [-0.1, -0.05) is 0 Å². The number of piperidine rings is 1. The Balaban J connectivity index is 0.000000384. The summed E-state index contributed by atoms with van der Waals surface area (Å²) in [5, 5.41) is 32.5. The van der Waals surface area contributed by atoms with Crippen LogP contribution in [-0.4, -0.2) is 67.6 Å². The molecule has 0 amide bonds. The molecule has 2 atom stereocenters. The predicted molar refractivity (Wildman–Crippen MR) is 77.1 cm³/mol. The zero-order valence-electron chi connectivity index (χ0n) is 13.3. The minimum absolute atomic E-state index is 0.405. The van der Waals surface area contributed by atoms with Crippen LogP contribution >= 0.6 is 0 Å². The number of aliphatic hydroxyl groups excluding tert-OH is 2. The van der Waals surface area contributed by atoms with Crippen LogP contribution in [0.1, 0.15) is 47.0 Å². The van der Waals surface area contributed by atoms with Gasteiger partial charge in [0.1, 0.15) is 0 Å². The van der Waals surface area contributed by atoms with Gasteiger partial charge in [-0.15, -0.1) is 0 Å². The molecule has 7 nitrogen and oxygen atoms in total. The van der Waals surface area contributed by atoms with Gasteiger partial charge in [0, 0.05) is 11.1 Å². The fourth-order valence-electron chi connectivity index (χ4n) is 2.38. The summed E-state index contributed by atoms with van der Waals surface area (Å²) < 4.78 is 0. The van der Waals surface area contributed by atoms with Gasteiger partial charge in [-0.3, -0.25) is 4.90 Å². The zero-order valence-corrected chi connectivity index (χ0v) is 13.3. The molecule has 1 saturated heterocycles. The molecule has 0 aromatic rings. The van der Waals surface area contributed by atoms with Crippen LogP contribution in [0.5, 0.6) is 0 Å². The maximum absolute atomic E-state index is 9.77. The highest BCUT2D eigenvalue weighted by atomic mass is 16.4. The quantitative estimate of drug-likeness (QED) is 0.601. The Hall–Kier alpha value is -1.18. The number of carboxylic acid groups (broad SMARTS) is 2. The molecule has 1 aliphatic rings. The van der Waals surface area contributed by atoms with Crippen LogP contribution in [0.25, 0.3) is 0 Å². The standard InChI is InChI=1S/C10H21N.C4H6O6/c1-9(2)7-6-8-10(3,4)11(9)5;5-1(3(7)8)2(6)4(9)10/h6-8H2,1-5H3;1-2,5-6H,(H,7,8)(H,9,10)/t;1-,2+. The van der Waals surface area contributed by atoms with Crippen molar-refractivity contribution in [3.05, 3.63) is 0 Å². The molecule has 0 aromatic carbocycles. The first kappa shape index (κ1) is 19.8. The second-order valence-electron chi connectivity index (χ2n) is 6.60. The fourth-order valence-corrected chi connectivity index (χ4v) is 2.38. The summed E-state index contributed by atoms with van der Waals surface area (Å²) in [5.41, 5.74) is 0.809. The highest BCUT2D eigenvalue weighted by Gasteiger charge is 2.38. The van der Waals surface area contributed by atoms with Crippen molar-refractivity contribution in [3.8, 4) is 0 Å². The van der Waals surface area contributed by atoms with E-state index in [0.717, 1.165) is 0 Å². The summed E-state index contributed by atoms with van der Waals surface area (Å²) in [6, 6.07) is 0. The lowest BCUT2D eigenvalue weighted by atomic mass is 9.80. The third-order valence-electron chi connectivity index (χ3n) is 4.20. The summed E-state index contributed by atoms with van der Waals surface area (Å²) >= 11 is 0. The molecule has 1 rings (SSSR count). The molecule has 1 heterocycles. The van der Waals surface area contributed by atoms with E-state index >= 15 is 0 Å². The van der Waals surface area contributed by atoms with Gasteiger partial charge in [0.15, 0.2) is 12.2 Å². The van der Waals surface area contributed by atoms with Gasteiger partial charge in [-0.25, -0.2) is 9.59 Å². The third kappa shape index (κ3) is 5.61. The van der Waals surface area contributed by atoms with E-state index in [1.165, 1.54) is 19.3 Å². The molecule has 4 N–H and O–H groups in total. The number of carboxylic acids is 2. The monoisotopic (exact) mass is 305 g/mol. The summed E-state index contributed by atoms with van der Waals surface area (Å²) in [4.78, 5) is 22.1. The number of nitrogens with zero attached hydrogens (tertiary/aromatic N) is 1. The molecule has 0 saturated carbocycles. The van der Waals surface area contributed by atoms with Gasteiger partial charge >= 0.3 is 11.9 Å². The normalized spacial score (nSPS) is 23.4. The molecular weight excluding hydrogens is 278 g/mol. The van der Waals surface area contributed by atoms with Crippen molar-refractivity contribution in [2.45, 2.75) is 70.2 Å². The molecule has 0 aliphatic carbocycles. The van der Waals surface area contributed by atoms with Crippen LogP contribution in [0.4, 0.5) is 0 Å². The number of likely N-dealkylation sites (tertiary alicyclic amines) is 1. The van der Waals surface area contributed by atoms with E-state index in [1.54, 1.807) is 0 Å². The Labute approximate surface area is 125 Å². The van der Waals surface area contributed by atoms with Crippen LogP contribution in [0.15, 0.2) is 0 Å². The zero-order chi connectivity index (χ0) is 17.0. The fraction of sp³-hybridized carbons (Fsp3) is 0.857. The topological polar surface area (TPSA) is 118 Å². The molecule has 21 heavy (non-hydrogen) atoms. The minimum atomic E-state index is -2.27. The van der Waals surface area contributed by atoms with Crippen molar-refractivity contribution in [1.82, 2.24) is 4.90 Å². The van der Waals surface area contributed by atoms with Crippen molar-refractivity contribution < 1.29 is 30.0 Å². The SMILES string of the molecule is CN1C(C)(C)CCCC1(C)C.O=C(O)[C@@H](O)[C@@H](O)C(=O)O. The van der Waals surface area contributed by atoms with Gasteiger partial charge in [-0.05, 0) is 54.0 Å². The smallest absolute Gasteiger partial charge is 0.335 e. The molecule has 1 aliphatic heterocycles. The van der Waals surface area contributed by atoms with Gasteiger partial charge in [-0.2, -0.15) is 0 Å². The average Bonchev–Trinajstić information content (AvgIpc) is 2.34. The van der Waals surface area contributed by atoms with Crippen LogP contribution in [0, 0.1) is 0 Å². The average molecular weight is 305 g/mol. The second kappa shape index (κ2) is 7.20. The van der Waals surface area contributed by atoms with Crippen LogP contribution in [-0.2, 0) is 9.59 Å². The highest BCUT2D eigenvalue weighted by Crippen LogP contribution is 2.36. The largest absolute Gasteiger partial charge is 0.479 e. The van der Waals surface area contributed by atoms with E-state index in [4.69, 9.17) is 20.4 Å². The summed E-state index contributed by atoms with van der Waals surface area (Å²) in [7, 11) is 2.25. The minimum Gasteiger partial charge on any atom is -0.479 e. The number of hydrogen-bond donors (Lipinski definition) is 4. The van der Waals surface area contributed by atoms with E-state index in [1.807, 2.05) is 0 Å². The third-order valence-corrected chi connectivity index (χ3v) is 4.20. The predicted octanol–water partition coefficient (Wildman–Crippen LogP) is 0.537. The molecule has 0 unspecified atom stereocenters. The van der Waals surface area contributed by atoms with Gasteiger partial charge in [0.05, 0.1) is 0 Å². The lowest BCUT2D eigenvalue weighted by Crippen LogP contribution is -2.56. The van der Waals surface area contributed by atoms with Gasteiger partial charge < -0.3 is 20.4 Å². The summed E-state index contributed by atoms with van der Waals surface area (Å²) in [5.74, 6) is -3.54. The van der Waals surface area contributed by atoms with Crippen LogP contribution in [0.3, 0.4) is 0 Å². The molecular formula is C14H27NO6. The van der Waals surface area contributed by atoms with Gasteiger partial charge in [0.25, 0.3) is 0 Å². The van der Waals surface area contributed by atoms with Gasteiger partial charge in [0.2, 0.25) is 0 Å². The van der Waals surface area contributed by atoms with E-state index in [-0.39, 0.29) is 0 Å². The number of aliphatic hydroxyl groups is 2. The van der Waals surface area contributed by atoms with Crippen molar-refractivity contribution >= 4 is 11.9 Å². The molecule has 0 radical (unpaired) electrons. The number of aliphatic carboxylic acids is 2. The molecule has 1 fully saturated rings. The van der Waals surface area contributed by atoms with Crippen molar-refractivity contribution in [2.24, 2.45) is 0 Å². The lowest BCUT2D eigenvalue weighted by molar-refractivity contribution is -0.165. The Morgan fingerprint density at radius 1 is 0.905 bits per heavy atom. The number of carbonyl (C=O) groups is 2. The molecule has 7 heteroatoms.